The maximum Gasteiger partial charge on any atom is 0.320 e. The van der Waals surface area contributed by atoms with Crippen molar-refractivity contribution in [2.24, 2.45) is 0 Å². The SMILES string of the molecule is C=CC(=O)C#CCO[PH](=O)OCC#CC(=O)C=C. The van der Waals surface area contributed by atoms with E-state index in [0.29, 0.717) is 0 Å². The van der Waals surface area contributed by atoms with Crippen LogP contribution in [-0.2, 0) is 23.2 Å². The first kappa shape index (κ1) is 16.1. The summed E-state index contributed by atoms with van der Waals surface area (Å²) in [7, 11) is -2.73. The Balaban J connectivity index is 3.84. The lowest BCUT2D eigenvalue weighted by Gasteiger charge is -1.97. The van der Waals surface area contributed by atoms with Crippen molar-refractivity contribution >= 4 is 19.8 Å². The summed E-state index contributed by atoms with van der Waals surface area (Å²) in [6, 6.07) is 0. The number of ketones is 2. The van der Waals surface area contributed by atoms with Crippen molar-refractivity contribution < 1.29 is 23.2 Å². The summed E-state index contributed by atoms with van der Waals surface area (Å²) in [4.78, 5) is 21.3. The summed E-state index contributed by atoms with van der Waals surface area (Å²) >= 11 is 0. The Labute approximate surface area is 106 Å². The van der Waals surface area contributed by atoms with Crippen LogP contribution < -0.4 is 0 Å². The van der Waals surface area contributed by atoms with Crippen molar-refractivity contribution in [2.45, 2.75) is 0 Å². The van der Waals surface area contributed by atoms with E-state index in [9.17, 15) is 14.2 Å². The molecule has 0 N–H and O–H groups in total. The molecule has 0 unspecified atom stereocenters. The topological polar surface area (TPSA) is 69.7 Å². The molecule has 0 spiro atoms. The third kappa shape index (κ3) is 9.33. The largest absolute Gasteiger partial charge is 0.320 e. The molecule has 0 saturated carbocycles. The van der Waals surface area contributed by atoms with Gasteiger partial charge in [0.05, 0.1) is 0 Å². The molecule has 0 radical (unpaired) electrons. The van der Waals surface area contributed by atoms with Gasteiger partial charge < -0.3 is 0 Å². The maximum absolute atomic E-state index is 11.1. The van der Waals surface area contributed by atoms with E-state index < -0.39 is 19.8 Å². The van der Waals surface area contributed by atoms with Crippen molar-refractivity contribution in [2.75, 3.05) is 13.2 Å². The van der Waals surface area contributed by atoms with Crippen LogP contribution in [-0.4, -0.2) is 24.8 Å². The van der Waals surface area contributed by atoms with Crippen LogP contribution in [0.25, 0.3) is 0 Å². The van der Waals surface area contributed by atoms with Gasteiger partial charge in [0.2, 0.25) is 11.6 Å². The molecule has 0 aliphatic carbocycles. The minimum atomic E-state index is -2.73. The molecule has 0 amide bonds. The van der Waals surface area contributed by atoms with E-state index in [1.807, 2.05) is 0 Å². The molecule has 0 saturated heterocycles. The maximum atomic E-state index is 11.1. The zero-order valence-electron chi connectivity index (χ0n) is 9.52. The second-order valence-corrected chi connectivity index (χ2v) is 3.65. The lowest BCUT2D eigenvalue weighted by Crippen LogP contribution is -1.90. The minimum absolute atomic E-state index is 0.198. The first-order chi connectivity index (χ1) is 8.60. The number of allylic oxidation sites excluding steroid dienone is 2. The highest BCUT2D eigenvalue weighted by atomic mass is 31.1. The number of rotatable bonds is 6. The molecule has 0 aliphatic rings. The normalized spacial score (nSPS) is 8.50. The Morgan fingerprint density at radius 2 is 1.39 bits per heavy atom. The first-order valence-corrected chi connectivity index (χ1v) is 5.92. The summed E-state index contributed by atoms with van der Waals surface area (Å²) in [6.07, 6.45) is 2.11. The van der Waals surface area contributed by atoms with Gasteiger partial charge >= 0.3 is 8.25 Å². The van der Waals surface area contributed by atoms with Gasteiger partial charge in [0.1, 0.15) is 13.2 Å². The fourth-order valence-corrected chi connectivity index (χ4v) is 1.04. The smallest absolute Gasteiger partial charge is 0.298 e. The zero-order valence-corrected chi connectivity index (χ0v) is 10.5. The molecule has 18 heavy (non-hydrogen) atoms. The predicted molar refractivity (Wildman–Crippen MR) is 66.9 cm³/mol. The van der Waals surface area contributed by atoms with Gasteiger partial charge in [0, 0.05) is 0 Å². The molecule has 6 heteroatoms. The van der Waals surface area contributed by atoms with Crippen LogP contribution in [0.5, 0.6) is 0 Å². The van der Waals surface area contributed by atoms with E-state index in [2.05, 4.69) is 45.9 Å². The van der Waals surface area contributed by atoms with Crippen LogP contribution in [0.4, 0.5) is 0 Å². The molecule has 0 aromatic heterocycles. The summed E-state index contributed by atoms with van der Waals surface area (Å²) in [6.45, 7) is 6.05. The Hall–Kier alpha value is -1.91. The third-order valence-electron chi connectivity index (χ3n) is 1.32. The van der Waals surface area contributed by atoms with Gasteiger partial charge in [-0.3, -0.25) is 23.2 Å². The molecule has 0 aromatic carbocycles. The van der Waals surface area contributed by atoms with E-state index in [0.717, 1.165) is 12.2 Å². The molecule has 0 rings (SSSR count). The molecule has 5 nitrogen and oxygen atoms in total. The van der Waals surface area contributed by atoms with Crippen molar-refractivity contribution in [1.29, 1.82) is 0 Å². The quantitative estimate of drug-likeness (QED) is 0.309. The highest BCUT2D eigenvalue weighted by Gasteiger charge is 1.96. The summed E-state index contributed by atoms with van der Waals surface area (Å²) < 4.78 is 20.4. The van der Waals surface area contributed by atoms with E-state index in [1.54, 1.807) is 0 Å². The molecule has 94 valence electrons. The Kier molecular flexibility index (Phi) is 9.17. The van der Waals surface area contributed by atoms with Crippen LogP contribution in [0, 0.1) is 23.7 Å². The van der Waals surface area contributed by atoms with Gasteiger partial charge in [-0.05, 0) is 24.0 Å². The van der Waals surface area contributed by atoms with Gasteiger partial charge in [-0.25, -0.2) is 0 Å². The molecular weight excluding hydrogens is 255 g/mol. The Morgan fingerprint density at radius 3 is 1.72 bits per heavy atom. The number of carbonyl (C=O) groups is 2. The van der Waals surface area contributed by atoms with Crippen LogP contribution in [0.15, 0.2) is 25.3 Å². The first-order valence-electron chi connectivity index (χ1n) is 4.70. The van der Waals surface area contributed by atoms with E-state index >= 15 is 0 Å². The fraction of sp³-hybridized carbons (Fsp3) is 0.167. The average molecular weight is 266 g/mol. The van der Waals surface area contributed by atoms with E-state index in [4.69, 9.17) is 0 Å². The average Bonchev–Trinajstić information content (AvgIpc) is 2.38. The number of hydrogen-bond acceptors (Lipinski definition) is 5. The molecular formula is C12H11O5P. The van der Waals surface area contributed by atoms with E-state index in [-0.39, 0.29) is 13.2 Å². The fourth-order valence-electron chi connectivity index (χ4n) is 0.580. The molecule has 0 bridgehead atoms. The van der Waals surface area contributed by atoms with Crippen molar-refractivity contribution in [3.63, 3.8) is 0 Å². The second kappa shape index (κ2) is 10.3. The standard InChI is InChI=1S/C12H11O5P/c1-3-11(13)7-5-9-16-18(15)17-10-6-8-12(14)4-2/h3-4,18H,1-2,9-10H2. The minimum Gasteiger partial charge on any atom is -0.298 e. The van der Waals surface area contributed by atoms with Gasteiger partial charge in [0.15, 0.2) is 0 Å². The molecule has 0 atom stereocenters. The summed E-state index contributed by atoms with van der Waals surface area (Å²) in [5, 5.41) is 0. The lowest BCUT2D eigenvalue weighted by atomic mass is 10.4. The number of hydrogen-bond donors (Lipinski definition) is 0. The van der Waals surface area contributed by atoms with Crippen LogP contribution in [0.2, 0.25) is 0 Å². The predicted octanol–water partition coefficient (Wildman–Crippen LogP) is 0.926. The summed E-state index contributed by atoms with van der Waals surface area (Å²) in [5.74, 6) is 8.13. The van der Waals surface area contributed by atoms with Gasteiger partial charge in [0.25, 0.3) is 0 Å². The zero-order chi connectivity index (χ0) is 13.8. The highest BCUT2D eigenvalue weighted by Crippen LogP contribution is 2.22. The Bertz CT molecular complexity index is 440. The molecule has 0 aromatic rings. The molecule has 0 fully saturated rings. The highest BCUT2D eigenvalue weighted by molar-refractivity contribution is 7.33. The second-order valence-electron chi connectivity index (χ2n) is 2.57. The molecule has 0 heterocycles. The van der Waals surface area contributed by atoms with Gasteiger partial charge in [-0.15, -0.1) is 0 Å². The van der Waals surface area contributed by atoms with Crippen molar-refractivity contribution in [3.05, 3.63) is 25.3 Å². The van der Waals surface area contributed by atoms with E-state index in [1.165, 1.54) is 0 Å². The lowest BCUT2D eigenvalue weighted by molar-refractivity contribution is -0.110. The summed E-state index contributed by atoms with van der Waals surface area (Å²) in [5.41, 5.74) is 0. The molecule has 0 aliphatic heterocycles. The Morgan fingerprint density at radius 1 is 1.00 bits per heavy atom. The third-order valence-corrected chi connectivity index (χ3v) is 2.08. The van der Waals surface area contributed by atoms with Crippen LogP contribution >= 0.6 is 8.25 Å². The monoisotopic (exact) mass is 266 g/mol. The van der Waals surface area contributed by atoms with Crippen LogP contribution in [0.1, 0.15) is 0 Å². The van der Waals surface area contributed by atoms with Crippen molar-refractivity contribution in [1.82, 2.24) is 0 Å². The van der Waals surface area contributed by atoms with Gasteiger partial charge in [-0.2, -0.15) is 0 Å². The van der Waals surface area contributed by atoms with Gasteiger partial charge in [-0.1, -0.05) is 25.0 Å². The van der Waals surface area contributed by atoms with Crippen molar-refractivity contribution in [3.8, 4) is 23.7 Å². The number of carbonyl (C=O) groups excluding carboxylic acids is 2. The van der Waals surface area contributed by atoms with Crippen LogP contribution in [0.3, 0.4) is 0 Å².